The number of nitrogens with one attached hydrogen (secondary N) is 1. The van der Waals surface area contributed by atoms with Gasteiger partial charge in [-0.2, -0.15) is 0 Å². The van der Waals surface area contributed by atoms with Gasteiger partial charge in [-0.15, -0.1) is 0 Å². The smallest absolute Gasteiger partial charge is 0.0420 e. The highest BCUT2D eigenvalue weighted by atomic mass is 79.9. The fraction of sp³-hybridized carbons (Fsp3) is 0.667. The van der Waals surface area contributed by atoms with Crippen LogP contribution in [0.4, 0.5) is 0 Å². The molecule has 18 heavy (non-hydrogen) atoms. The number of aromatic nitrogens is 1. The minimum absolute atomic E-state index is 0.584. The molecule has 0 aromatic carbocycles. The molecule has 3 atom stereocenters. The first-order valence-corrected chi connectivity index (χ1v) is 7.83. The molecule has 0 amide bonds. The molecule has 0 spiro atoms. The molecule has 1 fully saturated rings. The Balaban J connectivity index is 2.03. The lowest BCUT2D eigenvalue weighted by atomic mass is 9.87. The largest absolute Gasteiger partial charge is 0.314 e. The summed E-state index contributed by atoms with van der Waals surface area (Å²) in [5.74, 6) is 1.67. The standard InChI is InChI=1S/C15H23BrN2/c1-3-17-15(14-6-4-5-11(14)2)9-13-8-7-12(16)10-18-13/h7-8,10-11,14-15,17H,3-6,9H2,1-2H3. The van der Waals surface area contributed by atoms with Crippen LogP contribution in [0.25, 0.3) is 0 Å². The van der Waals surface area contributed by atoms with Gasteiger partial charge in [-0.3, -0.25) is 4.98 Å². The Labute approximate surface area is 119 Å². The van der Waals surface area contributed by atoms with Crippen LogP contribution in [0.3, 0.4) is 0 Å². The first kappa shape index (κ1) is 14.0. The lowest BCUT2D eigenvalue weighted by Gasteiger charge is -2.27. The molecular weight excluding hydrogens is 288 g/mol. The second-order valence-electron chi connectivity index (χ2n) is 5.41. The SMILES string of the molecule is CCNC(Cc1ccc(Br)cn1)C1CCCC1C. The van der Waals surface area contributed by atoms with Gasteiger partial charge in [-0.1, -0.05) is 26.7 Å². The lowest BCUT2D eigenvalue weighted by Crippen LogP contribution is -2.39. The molecule has 0 aliphatic heterocycles. The highest BCUT2D eigenvalue weighted by molar-refractivity contribution is 9.10. The van der Waals surface area contributed by atoms with Gasteiger partial charge in [-0.05, 0) is 52.9 Å². The monoisotopic (exact) mass is 310 g/mol. The van der Waals surface area contributed by atoms with Crippen molar-refractivity contribution >= 4 is 15.9 Å². The summed E-state index contributed by atoms with van der Waals surface area (Å²) >= 11 is 3.44. The molecule has 2 nitrogen and oxygen atoms in total. The predicted molar refractivity (Wildman–Crippen MR) is 79.6 cm³/mol. The second-order valence-corrected chi connectivity index (χ2v) is 6.32. The van der Waals surface area contributed by atoms with Crippen molar-refractivity contribution in [2.24, 2.45) is 11.8 Å². The molecule has 1 saturated carbocycles. The van der Waals surface area contributed by atoms with E-state index >= 15 is 0 Å². The predicted octanol–water partition coefficient (Wildman–Crippen LogP) is 3.80. The van der Waals surface area contributed by atoms with Crippen LogP contribution in [-0.2, 0) is 6.42 Å². The van der Waals surface area contributed by atoms with Crippen molar-refractivity contribution in [3.8, 4) is 0 Å². The van der Waals surface area contributed by atoms with Crippen LogP contribution in [0, 0.1) is 11.8 Å². The van der Waals surface area contributed by atoms with Crippen molar-refractivity contribution in [3.63, 3.8) is 0 Å². The zero-order valence-electron chi connectivity index (χ0n) is 11.3. The Bertz CT molecular complexity index is 363. The molecule has 0 radical (unpaired) electrons. The molecule has 1 heterocycles. The number of pyridine rings is 1. The summed E-state index contributed by atoms with van der Waals surface area (Å²) in [6, 6.07) is 4.80. The highest BCUT2D eigenvalue weighted by Gasteiger charge is 2.30. The van der Waals surface area contributed by atoms with Crippen LogP contribution in [0.5, 0.6) is 0 Å². The Morgan fingerprint density at radius 1 is 1.44 bits per heavy atom. The molecule has 3 unspecified atom stereocenters. The highest BCUT2D eigenvalue weighted by Crippen LogP contribution is 2.34. The van der Waals surface area contributed by atoms with E-state index in [9.17, 15) is 0 Å². The molecular formula is C15H23BrN2. The van der Waals surface area contributed by atoms with E-state index in [2.05, 4.69) is 52.2 Å². The van der Waals surface area contributed by atoms with E-state index in [1.54, 1.807) is 0 Å². The van der Waals surface area contributed by atoms with Gasteiger partial charge in [0.25, 0.3) is 0 Å². The molecule has 3 heteroatoms. The van der Waals surface area contributed by atoms with Gasteiger partial charge in [0.2, 0.25) is 0 Å². The molecule has 2 rings (SSSR count). The summed E-state index contributed by atoms with van der Waals surface area (Å²) in [6.07, 6.45) is 7.10. The summed E-state index contributed by atoms with van der Waals surface area (Å²) in [6.45, 7) is 5.64. The summed E-state index contributed by atoms with van der Waals surface area (Å²) in [4.78, 5) is 4.51. The van der Waals surface area contributed by atoms with E-state index in [-0.39, 0.29) is 0 Å². The Kier molecular flexibility index (Phi) is 5.19. The molecule has 100 valence electrons. The van der Waals surface area contributed by atoms with Gasteiger partial charge in [0, 0.05) is 28.8 Å². The molecule has 1 aliphatic rings. The summed E-state index contributed by atoms with van der Waals surface area (Å²) < 4.78 is 1.06. The average molecular weight is 311 g/mol. The summed E-state index contributed by atoms with van der Waals surface area (Å²) in [5.41, 5.74) is 1.20. The van der Waals surface area contributed by atoms with Gasteiger partial charge in [-0.25, -0.2) is 0 Å². The number of halogens is 1. The number of likely N-dealkylation sites (N-methyl/N-ethyl adjacent to an activating group) is 1. The van der Waals surface area contributed by atoms with Crippen LogP contribution in [0.15, 0.2) is 22.8 Å². The van der Waals surface area contributed by atoms with Crippen LogP contribution in [0.2, 0.25) is 0 Å². The van der Waals surface area contributed by atoms with E-state index in [0.29, 0.717) is 6.04 Å². The maximum absolute atomic E-state index is 4.51. The molecule has 1 N–H and O–H groups in total. The maximum atomic E-state index is 4.51. The van der Waals surface area contributed by atoms with Gasteiger partial charge in [0.15, 0.2) is 0 Å². The van der Waals surface area contributed by atoms with Gasteiger partial charge in [0.1, 0.15) is 0 Å². The number of nitrogens with zero attached hydrogens (tertiary/aromatic N) is 1. The zero-order chi connectivity index (χ0) is 13.0. The zero-order valence-corrected chi connectivity index (χ0v) is 12.9. The van der Waals surface area contributed by atoms with Crippen molar-refractivity contribution in [3.05, 3.63) is 28.5 Å². The fourth-order valence-electron chi connectivity index (χ4n) is 3.16. The van der Waals surface area contributed by atoms with Gasteiger partial charge in [0.05, 0.1) is 0 Å². The third-order valence-corrected chi connectivity index (χ3v) is 4.60. The molecule has 1 aromatic rings. The number of hydrogen-bond acceptors (Lipinski definition) is 2. The minimum atomic E-state index is 0.584. The lowest BCUT2D eigenvalue weighted by molar-refractivity contribution is 0.297. The van der Waals surface area contributed by atoms with Gasteiger partial charge < -0.3 is 5.32 Å². The van der Waals surface area contributed by atoms with Crippen molar-refractivity contribution in [2.75, 3.05) is 6.54 Å². The van der Waals surface area contributed by atoms with Crippen molar-refractivity contribution in [1.29, 1.82) is 0 Å². The summed E-state index contributed by atoms with van der Waals surface area (Å²) in [5, 5.41) is 3.67. The number of hydrogen-bond donors (Lipinski definition) is 1. The molecule has 0 bridgehead atoms. The average Bonchev–Trinajstić information content (AvgIpc) is 2.78. The topological polar surface area (TPSA) is 24.9 Å². The van der Waals surface area contributed by atoms with Crippen molar-refractivity contribution in [2.45, 2.75) is 45.6 Å². The van der Waals surface area contributed by atoms with E-state index < -0.39 is 0 Å². The van der Waals surface area contributed by atoms with E-state index in [4.69, 9.17) is 0 Å². The van der Waals surface area contributed by atoms with Crippen molar-refractivity contribution in [1.82, 2.24) is 10.3 Å². The normalized spacial score (nSPS) is 25.3. The van der Waals surface area contributed by atoms with E-state index in [0.717, 1.165) is 29.3 Å². The summed E-state index contributed by atoms with van der Waals surface area (Å²) in [7, 11) is 0. The first-order valence-electron chi connectivity index (χ1n) is 7.04. The minimum Gasteiger partial charge on any atom is -0.314 e. The quantitative estimate of drug-likeness (QED) is 0.894. The molecule has 0 saturated heterocycles. The third kappa shape index (κ3) is 3.55. The van der Waals surface area contributed by atoms with E-state index in [1.807, 2.05) is 6.20 Å². The fourth-order valence-corrected chi connectivity index (χ4v) is 3.40. The van der Waals surface area contributed by atoms with Gasteiger partial charge >= 0.3 is 0 Å². The third-order valence-electron chi connectivity index (χ3n) is 4.13. The molecule has 1 aliphatic carbocycles. The molecule has 1 aromatic heterocycles. The maximum Gasteiger partial charge on any atom is 0.0420 e. The van der Waals surface area contributed by atoms with Crippen LogP contribution >= 0.6 is 15.9 Å². The van der Waals surface area contributed by atoms with E-state index in [1.165, 1.54) is 25.0 Å². The Morgan fingerprint density at radius 2 is 2.28 bits per heavy atom. The van der Waals surface area contributed by atoms with Crippen molar-refractivity contribution < 1.29 is 0 Å². The van der Waals surface area contributed by atoms with Crippen LogP contribution in [-0.4, -0.2) is 17.6 Å². The Morgan fingerprint density at radius 3 is 2.83 bits per heavy atom. The first-order chi connectivity index (χ1) is 8.70. The van der Waals surface area contributed by atoms with Crippen LogP contribution < -0.4 is 5.32 Å². The number of rotatable bonds is 5. The van der Waals surface area contributed by atoms with Crippen LogP contribution in [0.1, 0.15) is 38.8 Å². The second kappa shape index (κ2) is 6.67. The Hall–Kier alpha value is -0.410.